The number of hydrogen-bond donors (Lipinski definition) is 0. The highest BCUT2D eigenvalue weighted by Gasteiger charge is 2.53. The summed E-state index contributed by atoms with van der Waals surface area (Å²) in [5.74, 6) is 1.90. The SMILES string of the molecule is CCCC1=C[C@@]2(OC)C(=CC1=O)O[C@H](c1ccc(OC)c(OC)c1)[C@H]2C. The molecular formula is C21H26O5. The van der Waals surface area contributed by atoms with Gasteiger partial charge in [0.25, 0.3) is 0 Å². The first kappa shape index (κ1) is 18.5. The molecule has 0 aromatic heterocycles. The predicted molar refractivity (Wildman–Crippen MR) is 98.4 cm³/mol. The lowest BCUT2D eigenvalue weighted by atomic mass is 9.78. The third-order valence-corrected chi connectivity index (χ3v) is 5.33. The van der Waals surface area contributed by atoms with E-state index in [1.54, 1.807) is 27.4 Å². The molecule has 0 unspecified atom stereocenters. The number of rotatable bonds is 6. The molecule has 1 fully saturated rings. The predicted octanol–water partition coefficient (Wildman–Crippen LogP) is 3.99. The van der Waals surface area contributed by atoms with E-state index in [9.17, 15) is 4.79 Å². The Kier molecular flexibility index (Phi) is 5.10. The highest BCUT2D eigenvalue weighted by molar-refractivity contribution is 6.05. The summed E-state index contributed by atoms with van der Waals surface area (Å²) in [4.78, 5) is 12.4. The van der Waals surface area contributed by atoms with Crippen molar-refractivity contribution in [2.45, 2.75) is 38.4 Å². The fourth-order valence-corrected chi connectivity index (χ4v) is 3.87. The maximum absolute atomic E-state index is 12.4. The molecule has 140 valence electrons. The number of ether oxygens (including phenoxy) is 4. The summed E-state index contributed by atoms with van der Waals surface area (Å²) in [5.41, 5.74) is 1.04. The van der Waals surface area contributed by atoms with Crippen LogP contribution in [0.2, 0.25) is 0 Å². The molecule has 1 heterocycles. The highest BCUT2D eigenvalue weighted by atomic mass is 16.6. The van der Waals surface area contributed by atoms with Crippen molar-refractivity contribution < 1.29 is 23.7 Å². The van der Waals surface area contributed by atoms with Crippen molar-refractivity contribution >= 4 is 5.78 Å². The van der Waals surface area contributed by atoms with Gasteiger partial charge in [0.1, 0.15) is 17.5 Å². The van der Waals surface area contributed by atoms with Gasteiger partial charge in [-0.25, -0.2) is 0 Å². The first-order valence-corrected chi connectivity index (χ1v) is 8.92. The summed E-state index contributed by atoms with van der Waals surface area (Å²) in [6.45, 7) is 4.15. The van der Waals surface area contributed by atoms with Gasteiger partial charge in [-0.3, -0.25) is 4.79 Å². The lowest BCUT2D eigenvalue weighted by molar-refractivity contribution is -0.112. The van der Waals surface area contributed by atoms with E-state index >= 15 is 0 Å². The van der Waals surface area contributed by atoms with Gasteiger partial charge in [-0.1, -0.05) is 26.3 Å². The van der Waals surface area contributed by atoms with Gasteiger partial charge in [-0.05, 0) is 35.8 Å². The van der Waals surface area contributed by atoms with Crippen LogP contribution in [0.15, 0.2) is 41.7 Å². The maximum atomic E-state index is 12.4. The van der Waals surface area contributed by atoms with Crippen LogP contribution in [0.3, 0.4) is 0 Å². The second-order valence-corrected chi connectivity index (χ2v) is 6.73. The van der Waals surface area contributed by atoms with E-state index in [-0.39, 0.29) is 17.8 Å². The number of methoxy groups -OCH3 is 3. The van der Waals surface area contributed by atoms with Crippen LogP contribution in [0.25, 0.3) is 0 Å². The molecule has 1 aliphatic heterocycles. The summed E-state index contributed by atoms with van der Waals surface area (Å²) >= 11 is 0. The molecule has 0 radical (unpaired) electrons. The van der Waals surface area contributed by atoms with Crippen LogP contribution in [0, 0.1) is 5.92 Å². The number of hydrogen-bond acceptors (Lipinski definition) is 5. The van der Waals surface area contributed by atoms with E-state index in [0.717, 1.165) is 24.0 Å². The first-order chi connectivity index (χ1) is 12.5. The average Bonchev–Trinajstić information content (AvgIpc) is 2.94. The monoisotopic (exact) mass is 358 g/mol. The Hall–Kier alpha value is -2.27. The molecule has 0 bridgehead atoms. The number of carbonyl (C=O) groups excluding carboxylic acids is 1. The second-order valence-electron chi connectivity index (χ2n) is 6.73. The molecule has 1 saturated heterocycles. The van der Waals surface area contributed by atoms with Crippen molar-refractivity contribution in [3.8, 4) is 11.5 Å². The van der Waals surface area contributed by atoms with E-state index in [0.29, 0.717) is 17.3 Å². The van der Waals surface area contributed by atoms with Crippen LogP contribution in [0.4, 0.5) is 0 Å². The Morgan fingerprint density at radius 3 is 2.50 bits per heavy atom. The van der Waals surface area contributed by atoms with Crippen LogP contribution < -0.4 is 9.47 Å². The Labute approximate surface area is 154 Å². The molecule has 3 rings (SSSR count). The van der Waals surface area contributed by atoms with E-state index < -0.39 is 5.60 Å². The Bertz CT molecular complexity index is 764. The summed E-state index contributed by atoms with van der Waals surface area (Å²) in [6.07, 6.45) is 4.95. The van der Waals surface area contributed by atoms with Crippen molar-refractivity contribution in [1.82, 2.24) is 0 Å². The van der Waals surface area contributed by atoms with Crippen LogP contribution >= 0.6 is 0 Å². The first-order valence-electron chi connectivity index (χ1n) is 8.92. The fourth-order valence-electron chi connectivity index (χ4n) is 3.87. The van der Waals surface area contributed by atoms with Crippen molar-refractivity contribution in [1.29, 1.82) is 0 Å². The van der Waals surface area contributed by atoms with Crippen LogP contribution in [-0.2, 0) is 14.3 Å². The van der Waals surface area contributed by atoms with E-state index in [4.69, 9.17) is 18.9 Å². The zero-order valence-electron chi connectivity index (χ0n) is 16.0. The third-order valence-electron chi connectivity index (χ3n) is 5.33. The van der Waals surface area contributed by atoms with Gasteiger partial charge >= 0.3 is 0 Å². The summed E-state index contributed by atoms with van der Waals surface area (Å²) in [5, 5.41) is 0. The minimum absolute atomic E-state index is 0.00296. The smallest absolute Gasteiger partial charge is 0.185 e. The van der Waals surface area contributed by atoms with Crippen LogP contribution in [-0.4, -0.2) is 32.7 Å². The Balaban J connectivity index is 2.01. The lowest BCUT2D eigenvalue weighted by Crippen LogP contribution is -2.38. The number of ketones is 1. The average molecular weight is 358 g/mol. The summed E-state index contributed by atoms with van der Waals surface area (Å²) in [7, 11) is 4.88. The lowest BCUT2D eigenvalue weighted by Gasteiger charge is -2.31. The van der Waals surface area contributed by atoms with Gasteiger partial charge in [0.2, 0.25) is 0 Å². The normalized spacial score (nSPS) is 27.3. The molecular weight excluding hydrogens is 332 g/mol. The molecule has 1 aliphatic carbocycles. The van der Waals surface area contributed by atoms with Gasteiger partial charge in [0.15, 0.2) is 17.3 Å². The molecule has 26 heavy (non-hydrogen) atoms. The molecule has 1 aromatic rings. The van der Waals surface area contributed by atoms with Crippen LogP contribution in [0.5, 0.6) is 11.5 Å². The van der Waals surface area contributed by atoms with Gasteiger partial charge in [0.05, 0.1) is 14.2 Å². The fraction of sp³-hybridized carbons (Fsp3) is 0.476. The minimum Gasteiger partial charge on any atom is -0.493 e. The molecule has 3 atom stereocenters. The van der Waals surface area contributed by atoms with Gasteiger partial charge in [0, 0.05) is 19.1 Å². The standard InChI is InChI=1S/C21H26O5/c1-6-7-15-12-21(25-5)13(2)20(26-19(21)11-16(15)22)14-8-9-17(23-3)18(10-14)24-4/h8-13,20H,6-7H2,1-5H3/t13-,20+,21+/m1/s1. The van der Waals surface area contributed by atoms with Crippen molar-refractivity contribution in [2.75, 3.05) is 21.3 Å². The number of fused-ring (bicyclic) bond motifs is 1. The molecule has 0 amide bonds. The number of allylic oxidation sites excluding steroid dienone is 2. The van der Waals surface area contributed by atoms with Crippen LogP contribution in [0.1, 0.15) is 38.4 Å². The number of benzene rings is 1. The topological polar surface area (TPSA) is 54.0 Å². The minimum atomic E-state index is -0.712. The van der Waals surface area contributed by atoms with Crippen molar-refractivity contribution in [3.63, 3.8) is 0 Å². The summed E-state index contributed by atoms with van der Waals surface area (Å²) in [6, 6.07) is 5.74. The number of carbonyl (C=O) groups is 1. The molecule has 5 heteroatoms. The Morgan fingerprint density at radius 2 is 1.88 bits per heavy atom. The molecule has 1 aromatic carbocycles. The van der Waals surface area contributed by atoms with Crippen molar-refractivity contribution in [3.05, 3.63) is 47.2 Å². The van der Waals surface area contributed by atoms with E-state index in [1.165, 1.54) is 0 Å². The largest absolute Gasteiger partial charge is 0.493 e. The highest BCUT2D eigenvalue weighted by Crippen LogP contribution is 2.52. The molecule has 2 aliphatic rings. The van der Waals surface area contributed by atoms with Gasteiger partial charge in [-0.2, -0.15) is 0 Å². The second kappa shape index (κ2) is 7.16. The molecule has 0 saturated carbocycles. The van der Waals surface area contributed by atoms with Crippen molar-refractivity contribution in [2.24, 2.45) is 5.92 Å². The Morgan fingerprint density at radius 1 is 1.15 bits per heavy atom. The molecule has 5 nitrogen and oxygen atoms in total. The molecule has 0 spiro atoms. The zero-order valence-corrected chi connectivity index (χ0v) is 16.0. The quantitative estimate of drug-likeness (QED) is 0.770. The maximum Gasteiger partial charge on any atom is 0.185 e. The molecule has 0 N–H and O–H groups in total. The van der Waals surface area contributed by atoms with E-state index in [1.807, 2.05) is 24.3 Å². The van der Waals surface area contributed by atoms with Gasteiger partial charge < -0.3 is 18.9 Å². The third kappa shape index (κ3) is 2.80. The zero-order chi connectivity index (χ0) is 18.9. The summed E-state index contributed by atoms with van der Waals surface area (Å²) < 4.78 is 22.8. The van der Waals surface area contributed by atoms with E-state index in [2.05, 4.69) is 13.8 Å². The van der Waals surface area contributed by atoms with Gasteiger partial charge in [-0.15, -0.1) is 0 Å².